The number of anilines is 1. The summed E-state index contributed by atoms with van der Waals surface area (Å²) in [5, 5.41) is 12.8. The van der Waals surface area contributed by atoms with E-state index in [1.54, 1.807) is 0 Å². The Hall–Kier alpha value is -1.87. The van der Waals surface area contributed by atoms with Gasteiger partial charge in [-0.3, -0.25) is 14.9 Å². The third-order valence-electron chi connectivity index (χ3n) is 1.50. The van der Waals surface area contributed by atoms with Crippen LogP contribution in [-0.2, 0) is 4.79 Å². The summed E-state index contributed by atoms with van der Waals surface area (Å²) < 4.78 is 0. The van der Waals surface area contributed by atoms with E-state index >= 15 is 0 Å². The van der Waals surface area contributed by atoms with E-state index in [1.807, 2.05) is 0 Å². The average molecular weight is 269 g/mol. The zero-order chi connectivity index (χ0) is 11.3. The highest BCUT2D eigenvalue weighted by Crippen LogP contribution is 2.14. The molecule has 0 fully saturated rings. The number of non-ortho nitro benzene ring substituents is 1. The molecule has 1 aromatic carbocycles. The van der Waals surface area contributed by atoms with Crippen molar-refractivity contribution in [2.45, 2.75) is 0 Å². The molecule has 0 saturated heterocycles. The van der Waals surface area contributed by atoms with Crippen LogP contribution in [0.4, 0.5) is 11.4 Å². The van der Waals surface area contributed by atoms with Crippen LogP contribution in [0.15, 0.2) is 24.3 Å². The number of benzene rings is 1. The first kappa shape index (κ1) is 11.2. The van der Waals surface area contributed by atoms with E-state index in [0.29, 0.717) is 5.69 Å². The largest absolute Gasteiger partial charge is 0.315 e. The summed E-state index contributed by atoms with van der Waals surface area (Å²) in [6, 6.07) is 5.48. The highest BCUT2D eigenvalue weighted by Gasteiger charge is 2.04. The van der Waals surface area contributed by atoms with Gasteiger partial charge in [-0.25, -0.2) is 0 Å². The van der Waals surface area contributed by atoms with Crippen molar-refractivity contribution in [1.82, 2.24) is 0 Å². The fourth-order valence-corrected chi connectivity index (χ4v) is 1.05. The van der Waals surface area contributed by atoms with Gasteiger partial charge in [0.05, 0.1) is 4.92 Å². The third kappa shape index (κ3) is 3.40. The zero-order valence-electron chi connectivity index (χ0n) is 7.36. The Labute approximate surface area is 93.8 Å². The maximum atomic E-state index is 11.0. The standard InChI is InChI=1S/C9H5BrN2O3/c10-6-5-9(13)11-7-1-3-8(4-2-7)12(14)15/h1-4H,(H,11,13). The lowest BCUT2D eigenvalue weighted by Gasteiger charge is -1.99. The van der Waals surface area contributed by atoms with Crippen LogP contribution >= 0.6 is 15.9 Å². The van der Waals surface area contributed by atoms with E-state index in [0.717, 1.165) is 0 Å². The van der Waals surface area contributed by atoms with Crippen molar-refractivity contribution in [3.05, 3.63) is 34.4 Å². The Kier molecular flexibility index (Phi) is 3.83. The quantitative estimate of drug-likeness (QED) is 0.506. The van der Waals surface area contributed by atoms with Crippen LogP contribution in [0.25, 0.3) is 0 Å². The van der Waals surface area contributed by atoms with E-state index in [9.17, 15) is 14.9 Å². The van der Waals surface area contributed by atoms with Gasteiger partial charge in [0.25, 0.3) is 5.69 Å². The summed E-state index contributed by atoms with van der Waals surface area (Å²) in [4.78, 5) is 23.1. The summed E-state index contributed by atoms with van der Waals surface area (Å²) in [6.45, 7) is 0. The van der Waals surface area contributed by atoms with Crippen molar-refractivity contribution >= 4 is 33.2 Å². The maximum Gasteiger partial charge on any atom is 0.301 e. The zero-order valence-corrected chi connectivity index (χ0v) is 8.95. The third-order valence-corrected chi connectivity index (χ3v) is 1.70. The van der Waals surface area contributed by atoms with E-state index in [1.165, 1.54) is 24.3 Å². The Balaban J connectivity index is 2.75. The van der Waals surface area contributed by atoms with Crippen LogP contribution in [0, 0.1) is 20.9 Å². The number of nitrogens with one attached hydrogen (secondary N) is 1. The molecule has 0 bridgehead atoms. The predicted molar refractivity (Wildman–Crippen MR) is 58.4 cm³/mol. The first-order chi connectivity index (χ1) is 7.13. The summed E-state index contributed by atoms with van der Waals surface area (Å²) >= 11 is 2.78. The molecule has 0 saturated carbocycles. The van der Waals surface area contributed by atoms with Gasteiger partial charge in [-0.05, 0) is 17.0 Å². The van der Waals surface area contributed by atoms with Gasteiger partial charge < -0.3 is 5.32 Å². The van der Waals surface area contributed by atoms with Crippen LogP contribution in [0.2, 0.25) is 0 Å². The number of nitro benzene ring substituents is 1. The molecule has 1 amide bonds. The van der Waals surface area contributed by atoms with Crippen molar-refractivity contribution < 1.29 is 9.72 Å². The smallest absolute Gasteiger partial charge is 0.301 e. The molecule has 0 atom stereocenters. The summed E-state index contributed by atoms with van der Waals surface area (Å²) in [6.07, 6.45) is 0. The molecule has 0 spiro atoms. The molecular formula is C9H5BrN2O3. The molecule has 0 radical (unpaired) electrons. The van der Waals surface area contributed by atoms with Crippen LogP contribution in [-0.4, -0.2) is 10.8 Å². The molecule has 15 heavy (non-hydrogen) atoms. The molecule has 5 nitrogen and oxygen atoms in total. The van der Waals surface area contributed by atoms with E-state index in [-0.39, 0.29) is 5.69 Å². The molecule has 76 valence electrons. The lowest BCUT2D eigenvalue weighted by molar-refractivity contribution is -0.384. The summed E-state index contributed by atoms with van der Waals surface area (Å²) in [5.41, 5.74) is 0.431. The second-order valence-corrected chi connectivity index (χ2v) is 2.87. The molecular weight excluding hydrogens is 264 g/mol. The fraction of sp³-hybridized carbons (Fsp3) is 0. The number of carbonyl (C=O) groups is 1. The van der Waals surface area contributed by atoms with Gasteiger partial charge in [-0.15, -0.1) is 0 Å². The normalized spacial score (nSPS) is 8.60. The van der Waals surface area contributed by atoms with Gasteiger partial charge >= 0.3 is 5.91 Å². The van der Waals surface area contributed by atoms with Gasteiger partial charge in [0, 0.05) is 39.7 Å². The van der Waals surface area contributed by atoms with Crippen molar-refractivity contribution in [3.8, 4) is 10.8 Å². The number of nitrogens with zero attached hydrogens (tertiary/aromatic N) is 1. The maximum absolute atomic E-state index is 11.0. The minimum Gasteiger partial charge on any atom is -0.315 e. The van der Waals surface area contributed by atoms with Gasteiger partial charge in [0.15, 0.2) is 0 Å². The number of hydrogen-bond acceptors (Lipinski definition) is 3. The molecule has 0 unspecified atom stereocenters. The van der Waals surface area contributed by atoms with Crippen molar-refractivity contribution in [1.29, 1.82) is 0 Å². The van der Waals surface area contributed by atoms with Crippen LogP contribution < -0.4 is 5.32 Å². The molecule has 0 heterocycles. The first-order valence-corrected chi connectivity index (χ1v) is 4.60. The molecule has 6 heteroatoms. The SMILES string of the molecule is O=C(C#CBr)Nc1ccc([N+](=O)[O-])cc1. The van der Waals surface area contributed by atoms with Gasteiger partial charge in [-0.2, -0.15) is 0 Å². The number of amides is 1. The Morgan fingerprint density at radius 2 is 2.00 bits per heavy atom. The van der Waals surface area contributed by atoms with Crippen molar-refractivity contribution in [2.75, 3.05) is 5.32 Å². The molecule has 1 N–H and O–H groups in total. The van der Waals surface area contributed by atoms with Crippen molar-refractivity contribution in [3.63, 3.8) is 0 Å². The minimum absolute atomic E-state index is 0.0282. The Morgan fingerprint density at radius 3 is 2.47 bits per heavy atom. The Morgan fingerprint density at radius 1 is 1.40 bits per heavy atom. The number of rotatable bonds is 2. The molecule has 1 aromatic rings. The topological polar surface area (TPSA) is 72.2 Å². The van der Waals surface area contributed by atoms with E-state index < -0.39 is 10.8 Å². The van der Waals surface area contributed by atoms with E-state index in [2.05, 4.69) is 32.0 Å². The second-order valence-electron chi connectivity index (χ2n) is 2.48. The first-order valence-electron chi connectivity index (χ1n) is 3.80. The van der Waals surface area contributed by atoms with Gasteiger partial charge in [0.1, 0.15) is 0 Å². The van der Waals surface area contributed by atoms with Gasteiger partial charge in [-0.1, -0.05) is 0 Å². The molecule has 1 rings (SSSR count). The lowest BCUT2D eigenvalue weighted by atomic mass is 10.3. The number of hydrogen-bond donors (Lipinski definition) is 1. The molecule has 0 aliphatic rings. The fourth-order valence-electron chi connectivity index (χ4n) is 0.872. The highest BCUT2D eigenvalue weighted by atomic mass is 79.9. The highest BCUT2D eigenvalue weighted by molar-refractivity contribution is 9.12. The number of halogens is 1. The number of nitro groups is 1. The predicted octanol–water partition coefficient (Wildman–Crippen LogP) is 1.89. The lowest BCUT2D eigenvalue weighted by Crippen LogP contribution is -2.07. The van der Waals surface area contributed by atoms with Crippen molar-refractivity contribution in [2.24, 2.45) is 0 Å². The molecule has 0 aromatic heterocycles. The van der Waals surface area contributed by atoms with Crippen LogP contribution in [0.5, 0.6) is 0 Å². The van der Waals surface area contributed by atoms with E-state index in [4.69, 9.17) is 0 Å². The minimum atomic E-state index is -0.510. The average Bonchev–Trinajstić information content (AvgIpc) is 2.18. The van der Waals surface area contributed by atoms with Crippen LogP contribution in [0.3, 0.4) is 0 Å². The number of carbonyl (C=O) groups excluding carboxylic acids is 1. The van der Waals surface area contributed by atoms with Crippen LogP contribution in [0.1, 0.15) is 0 Å². The second kappa shape index (κ2) is 5.12. The molecule has 0 aliphatic carbocycles. The monoisotopic (exact) mass is 268 g/mol. The van der Waals surface area contributed by atoms with Gasteiger partial charge in [0.2, 0.25) is 0 Å². The molecule has 0 aliphatic heterocycles. The summed E-state index contributed by atoms with van der Waals surface area (Å²) in [7, 11) is 0. The summed E-state index contributed by atoms with van der Waals surface area (Å²) in [5.74, 6) is 1.73. The Bertz CT molecular complexity index is 445.